The molecule has 1 saturated heterocycles. The van der Waals surface area contributed by atoms with E-state index < -0.39 is 0 Å². The second kappa shape index (κ2) is 8.70. The van der Waals surface area contributed by atoms with E-state index in [9.17, 15) is 4.79 Å². The Morgan fingerprint density at radius 2 is 2.19 bits per heavy atom. The number of pyridine rings is 1. The fourth-order valence-corrected chi connectivity index (χ4v) is 3.52. The molecule has 1 N–H and O–H groups in total. The number of nitrogens with one attached hydrogen (secondary N) is 1. The molecule has 0 radical (unpaired) electrons. The molecule has 2 amide bonds. The number of piperidine rings is 1. The van der Waals surface area contributed by atoms with E-state index in [0.29, 0.717) is 0 Å². The van der Waals surface area contributed by atoms with E-state index in [1.54, 1.807) is 7.11 Å². The van der Waals surface area contributed by atoms with Gasteiger partial charge in [-0.3, -0.25) is 4.98 Å². The van der Waals surface area contributed by atoms with Crippen LogP contribution < -0.4 is 10.1 Å². The number of nitrogens with zero attached hydrogens (tertiary/aromatic N) is 2. The molecule has 0 spiro atoms. The third kappa shape index (κ3) is 4.54. The molecule has 1 aromatic heterocycles. The lowest BCUT2D eigenvalue weighted by atomic mass is 9.97. The third-order valence-corrected chi connectivity index (χ3v) is 5.01. The fourth-order valence-electron chi connectivity index (χ4n) is 3.52. The average Bonchev–Trinajstić information content (AvgIpc) is 2.69. The van der Waals surface area contributed by atoms with E-state index in [0.717, 1.165) is 54.9 Å². The topological polar surface area (TPSA) is 54.5 Å². The standard InChI is InChI=1S/C21H27N3O2/c1-16-9-10-18(15-20(16)26-2)23-21(25)24-14-6-4-8-19(24)12-11-17-7-3-5-13-22-17/h3,5,7,9-10,13,15,19H,4,6,8,11-12,14H2,1-2H3,(H,23,25)/t19-/m1/s1. The first-order valence-corrected chi connectivity index (χ1v) is 9.29. The highest BCUT2D eigenvalue weighted by Gasteiger charge is 2.26. The normalized spacial score (nSPS) is 17.0. The number of rotatable bonds is 5. The number of benzene rings is 1. The Hall–Kier alpha value is -2.56. The molecule has 1 aliphatic heterocycles. The number of amides is 2. The maximum absolute atomic E-state index is 12.8. The zero-order chi connectivity index (χ0) is 18.4. The van der Waals surface area contributed by atoms with Crippen LogP contribution in [0.3, 0.4) is 0 Å². The summed E-state index contributed by atoms with van der Waals surface area (Å²) >= 11 is 0. The minimum absolute atomic E-state index is 0.0263. The molecule has 0 saturated carbocycles. The smallest absolute Gasteiger partial charge is 0.322 e. The van der Waals surface area contributed by atoms with Gasteiger partial charge in [-0.2, -0.15) is 0 Å². The molecule has 26 heavy (non-hydrogen) atoms. The number of methoxy groups -OCH3 is 1. The van der Waals surface area contributed by atoms with E-state index in [-0.39, 0.29) is 12.1 Å². The number of hydrogen-bond acceptors (Lipinski definition) is 3. The summed E-state index contributed by atoms with van der Waals surface area (Å²) in [5, 5.41) is 3.03. The summed E-state index contributed by atoms with van der Waals surface area (Å²) < 4.78 is 5.35. The summed E-state index contributed by atoms with van der Waals surface area (Å²) in [6.07, 6.45) is 6.96. The van der Waals surface area contributed by atoms with Gasteiger partial charge in [0.2, 0.25) is 0 Å². The zero-order valence-corrected chi connectivity index (χ0v) is 15.6. The van der Waals surface area contributed by atoms with E-state index in [1.807, 2.05) is 54.4 Å². The van der Waals surface area contributed by atoms with Crippen molar-refractivity contribution >= 4 is 11.7 Å². The Morgan fingerprint density at radius 1 is 1.31 bits per heavy atom. The Kier molecular flexibility index (Phi) is 6.10. The first kappa shape index (κ1) is 18.2. The summed E-state index contributed by atoms with van der Waals surface area (Å²) in [4.78, 5) is 19.2. The number of ether oxygens (including phenoxy) is 1. The second-order valence-corrected chi connectivity index (χ2v) is 6.82. The number of urea groups is 1. The van der Waals surface area contributed by atoms with Gasteiger partial charge in [-0.05, 0) is 62.8 Å². The van der Waals surface area contributed by atoms with Crippen molar-refractivity contribution in [3.63, 3.8) is 0 Å². The first-order chi connectivity index (χ1) is 12.7. The van der Waals surface area contributed by atoms with Gasteiger partial charge in [0.15, 0.2) is 0 Å². The van der Waals surface area contributed by atoms with Gasteiger partial charge in [0, 0.05) is 36.2 Å². The number of likely N-dealkylation sites (tertiary alicyclic amines) is 1. The van der Waals surface area contributed by atoms with Crippen LogP contribution in [0.25, 0.3) is 0 Å². The van der Waals surface area contributed by atoms with Crippen molar-refractivity contribution in [2.75, 3.05) is 19.0 Å². The van der Waals surface area contributed by atoms with Crippen LogP contribution in [-0.2, 0) is 6.42 Å². The molecule has 2 aromatic rings. The van der Waals surface area contributed by atoms with Gasteiger partial charge in [0.05, 0.1) is 7.11 Å². The van der Waals surface area contributed by atoms with Gasteiger partial charge in [-0.1, -0.05) is 12.1 Å². The molecule has 5 heteroatoms. The van der Waals surface area contributed by atoms with E-state index >= 15 is 0 Å². The summed E-state index contributed by atoms with van der Waals surface area (Å²) in [5.41, 5.74) is 2.91. The molecule has 3 rings (SSSR count). The molecule has 1 fully saturated rings. The van der Waals surface area contributed by atoms with Crippen LogP contribution in [0.5, 0.6) is 5.75 Å². The molecule has 1 atom stereocenters. The van der Waals surface area contributed by atoms with Gasteiger partial charge in [0.25, 0.3) is 0 Å². The average molecular weight is 353 g/mol. The molecule has 0 aliphatic carbocycles. The Morgan fingerprint density at radius 3 is 2.96 bits per heavy atom. The van der Waals surface area contributed by atoms with Crippen molar-refractivity contribution < 1.29 is 9.53 Å². The number of carbonyl (C=O) groups excluding carboxylic acids is 1. The highest BCUT2D eigenvalue weighted by atomic mass is 16.5. The van der Waals surface area contributed by atoms with Crippen LogP contribution in [0.2, 0.25) is 0 Å². The molecule has 1 aliphatic rings. The molecular weight excluding hydrogens is 326 g/mol. The van der Waals surface area contributed by atoms with Gasteiger partial charge < -0.3 is 15.0 Å². The molecule has 138 valence electrons. The van der Waals surface area contributed by atoms with Crippen LogP contribution in [0.4, 0.5) is 10.5 Å². The summed E-state index contributed by atoms with van der Waals surface area (Å²) in [7, 11) is 1.65. The van der Waals surface area contributed by atoms with E-state index in [4.69, 9.17) is 4.74 Å². The monoisotopic (exact) mass is 353 g/mol. The van der Waals surface area contributed by atoms with Crippen LogP contribution in [0.1, 0.15) is 36.9 Å². The Balaban J connectivity index is 1.64. The van der Waals surface area contributed by atoms with Crippen molar-refractivity contribution in [1.29, 1.82) is 0 Å². The number of hydrogen-bond donors (Lipinski definition) is 1. The highest BCUT2D eigenvalue weighted by Crippen LogP contribution is 2.25. The predicted octanol–water partition coefficient (Wildman–Crippen LogP) is 4.42. The molecule has 0 unspecified atom stereocenters. The van der Waals surface area contributed by atoms with E-state index in [1.165, 1.54) is 6.42 Å². The second-order valence-electron chi connectivity index (χ2n) is 6.82. The van der Waals surface area contributed by atoms with Crippen LogP contribution in [0, 0.1) is 6.92 Å². The van der Waals surface area contributed by atoms with Crippen molar-refractivity contribution in [3.8, 4) is 5.75 Å². The number of aryl methyl sites for hydroxylation is 2. The minimum atomic E-state index is -0.0263. The van der Waals surface area contributed by atoms with Crippen LogP contribution >= 0.6 is 0 Å². The largest absolute Gasteiger partial charge is 0.496 e. The maximum atomic E-state index is 12.8. The SMILES string of the molecule is COc1cc(NC(=O)N2CCCC[C@@H]2CCc2ccccn2)ccc1C. The number of anilines is 1. The lowest BCUT2D eigenvalue weighted by Crippen LogP contribution is -2.46. The van der Waals surface area contributed by atoms with Gasteiger partial charge in [0.1, 0.15) is 5.75 Å². The molecule has 2 heterocycles. The van der Waals surface area contributed by atoms with E-state index in [2.05, 4.69) is 10.3 Å². The summed E-state index contributed by atoms with van der Waals surface area (Å²) in [5.74, 6) is 0.785. The lowest BCUT2D eigenvalue weighted by Gasteiger charge is -2.35. The quantitative estimate of drug-likeness (QED) is 0.866. The van der Waals surface area contributed by atoms with Crippen molar-refractivity contribution in [3.05, 3.63) is 53.9 Å². The molecule has 0 bridgehead atoms. The number of aromatic nitrogens is 1. The molecule has 1 aromatic carbocycles. The summed E-state index contributed by atoms with van der Waals surface area (Å²) in [6.45, 7) is 2.80. The lowest BCUT2D eigenvalue weighted by molar-refractivity contribution is 0.158. The number of carbonyl (C=O) groups is 1. The zero-order valence-electron chi connectivity index (χ0n) is 15.6. The van der Waals surface area contributed by atoms with Crippen molar-refractivity contribution in [1.82, 2.24) is 9.88 Å². The highest BCUT2D eigenvalue weighted by molar-refractivity contribution is 5.90. The van der Waals surface area contributed by atoms with Gasteiger partial charge >= 0.3 is 6.03 Å². The van der Waals surface area contributed by atoms with Crippen molar-refractivity contribution in [2.24, 2.45) is 0 Å². The third-order valence-electron chi connectivity index (χ3n) is 5.01. The molecular formula is C21H27N3O2. The van der Waals surface area contributed by atoms with Crippen LogP contribution in [-0.4, -0.2) is 35.6 Å². The minimum Gasteiger partial charge on any atom is -0.496 e. The first-order valence-electron chi connectivity index (χ1n) is 9.29. The van der Waals surface area contributed by atoms with Gasteiger partial charge in [-0.25, -0.2) is 4.79 Å². The van der Waals surface area contributed by atoms with Crippen LogP contribution in [0.15, 0.2) is 42.6 Å². The van der Waals surface area contributed by atoms with Gasteiger partial charge in [-0.15, -0.1) is 0 Å². The fraction of sp³-hybridized carbons (Fsp3) is 0.429. The predicted molar refractivity (Wildman–Crippen MR) is 104 cm³/mol. The van der Waals surface area contributed by atoms with Crippen molar-refractivity contribution in [2.45, 2.75) is 45.1 Å². The Labute approximate surface area is 155 Å². The molecule has 5 nitrogen and oxygen atoms in total. The summed E-state index contributed by atoms with van der Waals surface area (Å²) in [6, 6.07) is 12.0. The maximum Gasteiger partial charge on any atom is 0.322 e. The Bertz CT molecular complexity index is 733.